The topological polar surface area (TPSA) is 57.5 Å². The van der Waals surface area contributed by atoms with Crippen LogP contribution in [0.4, 0.5) is 0 Å². The first-order valence-electron chi connectivity index (χ1n) is 9.60. The summed E-state index contributed by atoms with van der Waals surface area (Å²) >= 11 is 0. The molecule has 0 saturated heterocycles. The summed E-state index contributed by atoms with van der Waals surface area (Å²) in [4.78, 5) is 12.1. The SMILES string of the molecule is C[C@@]12CCC[C@](C)(C(=O)O)[C@H]1CC[C@@]13CC[C@@H](C[C@H]12)[C@](C)(O)C3. The van der Waals surface area contributed by atoms with Crippen molar-refractivity contribution in [1.82, 2.24) is 0 Å². The molecule has 5 aliphatic rings. The molecule has 5 aliphatic carbocycles. The smallest absolute Gasteiger partial charge is 0.309 e. The molecule has 0 aromatic rings. The van der Waals surface area contributed by atoms with Crippen LogP contribution in [-0.4, -0.2) is 21.8 Å². The molecule has 5 rings (SSSR count). The van der Waals surface area contributed by atoms with Crippen LogP contribution in [0.2, 0.25) is 0 Å². The predicted octanol–water partition coefficient (Wildman–Crippen LogP) is 4.23. The van der Waals surface area contributed by atoms with E-state index in [2.05, 4.69) is 6.92 Å². The number of aliphatic hydroxyl groups is 1. The fraction of sp³-hybridized carbons (Fsp3) is 0.950. The maximum atomic E-state index is 12.1. The van der Waals surface area contributed by atoms with E-state index in [1.807, 2.05) is 13.8 Å². The molecule has 0 aliphatic heterocycles. The lowest BCUT2D eigenvalue weighted by atomic mass is 9.36. The molecule has 2 N–H and O–H groups in total. The van der Waals surface area contributed by atoms with Gasteiger partial charge in [0.2, 0.25) is 0 Å². The monoisotopic (exact) mass is 320 g/mol. The Morgan fingerprint density at radius 1 is 1.00 bits per heavy atom. The first-order chi connectivity index (χ1) is 10.6. The highest BCUT2D eigenvalue weighted by atomic mass is 16.4. The molecule has 5 saturated carbocycles. The van der Waals surface area contributed by atoms with Crippen LogP contribution >= 0.6 is 0 Å². The summed E-state index contributed by atoms with van der Waals surface area (Å²) in [6, 6.07) is 0. The van der Waals surface area contributed by atoms with Crippen molar-refractivity contribution in [2.45, 2.75) is 84.2 Å². The van der Waals surface area contributed by atoms with Crippen LogP contribution in [0, 0.1) is 34.0 Å². The van der Waals surface area contributed by atoms with Crippen LogP contribution in [0.3, 0.4) is 0 Å². The van der Waals surface area contributed by atoms with Gasteiger partial charge in [0.1, 0.15) is 0 Å². The van der Waals surface area contributed by atoms with E-state index in [0.717, 1.165) is 38.5 Å². The van der Waals surface area contributed by atoms with E-state index < -0.39 is 17.0 Å². The van der Waals surface area contributed by atoms with Crippen LogP contribution in [0.1, 0.15) is 78.6 Å². The number of aliphatic carboxylic acids is 1. The number of carboxylic acid groups (broad SMARTS) is 1. The van der Waals surface area contributed by atoms with Gasteiger partial charge in [0.15, 0.2) is 0 Å². The van der Waals surface area contributed by atoms with Crippen LogP contribution in [0.25, 0.3) is 0 Å². The van der Waals surface area contributed by atoms with Gasteiger partial charge < -0.3 is 10.2 Å². The lowest BCUT2D eigenvalue weighted by Gasteiger charge is -2.69. The minimum Gasteiger partial charge on any atom is -0.481 e. The third-order valence-electron chi connectivity index (χ3n) is 9.03. The normalized spacial score (nSPS) is 58.3. The first kappa shape index (κ1) is 15.9. The summed E-state index contributed by atoms with van der Waals surface area (Å²) in [5.41, 5.74) is -0.615. The number of hydrogen-bond acceptors (Lipinski definition) is 2. The van der Waals surface area contributed by atoms with Gasteiger partial charge in [-0.2, -0.15) is 0 Å². The Balaban J connectivity index is 1.74. The van der Waals surface area contributed by atoms with Gasteiger partial charge in [0.05, 0.1) is 11.0 Å². The largest absolute Gasteiger partial charge is 0.481 e. The third kappa shape index (κ3) is 1.89. The Hall–Kier alpha value is -0.570. The number of rotatable bonds is 1. The van der Waals surface area contributed by atoms with E-state index in [9.17, 15) is 15.0 Å². The summed E-state index contributed by atoms with van der Waals surface area (Å²) in [5, 5.41) is 20.8. The molecule has 130 valence electrons. The zero-order chi connectivity index (χ0) is 16.7. The van der Waals surface area contributed by atoms with E-state index >= 15 is 0 Å². The molecule has 3 nitrogen and oxygen atoms in total. The number of carbonyl (C=O) groups is 1. The third-order valence-corrected chi connectivity index (χ3v) is 9.03. The van der Waals surface area contributed by atoms with Gasteiger partial charge in [-0.25, -0.2) is 0 Å². The van der Waals surface area contributed by atoms with Crippen LogP contribution < -0.4 is 0 Å². The zero-order valence-electron chi connectivity index (χ0n) is 14.9. The molecule has 5 fully saturated rings. The Kier molecular flexibility index (Phi) is 3.14. The molecular formula is C20H32O3. The Morgan fingerprint density at radius 2 is 1.70 bits per heavy atom. The van der Waals surface area contributed by atoms with Crippen molar-refractivity contribution < 1.29 is 15.0 Å². The van der Waals surface area contributed by atoms with Crippen molar-refractivity contribution >= 4 is 5.97 Å². The van der Waals surface area contributed by atoms with Gasteiger partial charge >= 0.3 is 5.97 Å². The van der Waals surface area contributed by atoms with Crippen molar-refractivity contribution in [2.75, 3.05) is 0 Å². The van der Waals surface area contributed by atoms with Crippen molar-refractivity contribution in [3.05, 3.63) is 0 Å². The highest BCUT2D eigenvalue weighted by Crippen LogP contribution is 2.72. The molecule has 0 aromatic heterocycles. The average Bonchev–Trinajstić information content (AvgIpc) is 2.45. The molecule has 0 amide bonds. The van der Waals surface area contributed by atoms with Crippen molar-refractivity contribution in [3.63, 3.8) is 0 Å². The highest BCUT2D eigenvalue weighted by Gasteiger charge is 2.67. The van der Waals surface area contributed by atoms with E-state index in [-0.39, 0.29) is 10.8 Å². The molecule has 2 bridgehead atoms. The number of fused-ring (bicyclic) bond motifs is 3. The Bertz CT molecular complexity index is 541. The quantitative estimate of drug-likeness (QED) is 0.760. The fourth-order valence-electron chi connectivity index (χ4n) is 7.94. The van der Waals surface area contributed by atoms with Gasteiger partial charge in [0.25, 0.3) is 0 Å². The summed E-state index contributed by atoms with van der Waals surface area (Å²) in [7, 11) is 0. The number of hydrogen-bond donors (Lipinski definition) is 2. The molecule has 7 atom stereocenters. The molecule has 0 aromatic carbocycles. The average molecular weight is 320 g/mol. The number of carboxylic acids is 1. The van der Waals surface area contributed by atoms with Gasteiger partial charge in [-0.3, -0.25) is 4.79 Å². The molecule has 0 heterocycles. The molecule has 1 spiro atoms. The summed E-state index contributed by atoms with van der Waals surface area (Å²) < 4.78 is 0. The van der Waals surface area contributed by atoms with Crippen molar-refractivity contribution in [2.24, 2.45) is 34.0 Å². The van der Waals surface area contributed by atoms with Gasteiger partial charge in [0, 0.05) is 0 Å². The van der Waals surface area contributed by atoms with Gasteiger partial charge in [-0.15, -0.1) is 0 Å². The van der Waals surface area contributed by atoms with Gasteiger partial charge in [-0.05, 0) is 93.8 Å². The molecule has 23 heavy (non-hydrogen) atoms. The second kappa shape index (κ2) is 4.53. The fourth-order valence-corrected chi connectivity index (χ4v) is 7.94. The van der Waals surface area contributed by atoms with Crippen molar-refractivity contribution in [1.29, 1.82) is 0 Å². The summed E-state index contributed by atoms with van der Waals surface area (Å²) in [6.07, 6.45) is 9.72. The van der Waals surface area contributed by atoms with E-state index in [0.29, 0.717) is 17.8 Å². The first-order valence-corrected chi connectivity index (χ1v) is 9.60. The second-order valence-corrected chi connectivity index (χ2v) is 10.1. The second-order valence-electron chi connectivity index (χ2n) is 10.1. The van der Waals surface area contributed by atoms with Crippen LogP contribution in [-0.2, 0) is 4.79 Å². The summed E-state index contributed by atoms with van der Waals surface area (Å²) in [6.45, 7) is 6.46. The van der Waals surface area contributed by atoms with Crippen LogP contribution in [0.5, 0.6) is 0 Å². The zero-order valence-corrected chi connectivity index (χ0v) is 14.9. The lowest BCUT2D eigenvalue weighted by molar-refractivity contribution is -0.233. The highest BCUT2D eigenvalue weighted by molar-refractivity contribution is 5.75. The van der Waals surface area contributed by atoms with E-state index in [4.69, 9.17) is 0 Å². The Morgan fingerprint density at radius 3 is 2.35 bits per heavy atom. The lowest BCUT2D eigenvalue weighted by Crippen LogP contribution is -2.65. The summed E-state index contributed by atoms with van der Waals surface area (Å²) in [5.74, 6) is 0.758. The minimum atomic E-state index is -0.586. The van der Waals surface area contributed by atoms with E-state index in [1.54, 1.807) is 0 Å². The minimum absolute atomic E-state index is 0.152. The molecule has 0 unspecified atom stereocenters. The molecular weight excluding hydrogens is 288 g/mol. The predicted molar refractivity (Wildman–Crippen MR) is 88.9 cm³/mol. The van der Waals surface area contributed by atoms with Crippen LogP contribution in [0.15, 0.2) is 0 Å². The standard InChI is InChI=1S/C20H32O3/c1-17-7-4-8-18(2,16(21)22)14(17)6-10-20-9-5-13(11-15(17)20)19(3,23)12-20/h13-15,23H,4-12H2,1-3H3,(H,21,22)/t13-,14-,15-,17+,18-,19+,20+/m0/s1. The maximum Gasteiger partial charge on any atom is 0.309 e. The van der Waals surface area contributed by atoms with Crippen molar-refractivity contribution in [3.8, 4) is 0 Å². The molecule has 0 radical (unpaired) electrons. The molecule has 3 heteroatoms. The van der Waals surface area contributed by atoms with Gasteiger partial charge in [-0.1, -0.05) is 13.3 Å². The van der Waals surface area contributed by atoms with E-state index in [1.165, 1.54) is 19.3 Å². The Labute approximate surface area is 139 Å². The maximum absolute atomic E-state index is 12.1.